The first-order valence-corrected chi connectivity index (χ1v) is 12.2. The van der Waals surface area contributed by atoms with Gasteiger partial charge < -0.3 is 19.5 Å². The number of hydrogen-bond donors (Lipinski definition) is 1. The molecule has 0 aliphatic heterocycles. The summed E-state index contributed by atoms with van der Waals surface area (Å²) in [5.41, 5.74) is 0.889. The summed E-state index contributed by atoms with van der Waals surface area (Å²) in [5, 5.41) is 2.71. The molecular weight excluding hydrogens is 475 g/mol. The molecule has 186 valence electrons. The van der Waals surface area contributed by atoms with E-state index in [1.54, 1.807) is 18.2 Å². The van der Waals surface area contributed by atoms with Gasteiger partial charge in [-0.1, -0.05) is 6.07 Å². The van der Waals surface area contributed by atoms with Crippen LogP contribution in [0.3, 0.4) is 0 Å². The first-order valence-electron chi connectivity index (χ1n) is 10.8. The first-order chi connectivity index (χ1) is 16.8. The van der Waals surface area contributed by atoms with E-state index < -0.39 is 28.3 Å². The highest BCUT2D eigenvalue weighted by atomic mass is 32.2. The Hall–Kier alpha value is -3.79. The summed E-state index contributed by atoms with van der Waals surface area (Å²) in [5.74, 6) is 0.507. The quantitative estimate of drug-likeness (QED) is 0.429. The topological polar surface area (TPSA) is 94.2 Å². The fraction of sp³-hybridized carbons (Fsp3) is 0.240. The molecule has 1 N–H and O–H groups in total. The van der Waals surface area contributed by atoms with Gasteiger partial charge in [-0.25, -0.2) is 12.8 Å². The fourth-order valence-electron chi connectivity index (χ4n) is 3.30. The zero-order chi connectivity index (χ0) is 25.4. The van der Waals surface area contributed by atoms with E-state index in [9.17, 15) is 17.6 Å². The van der Waals surface area contributed by atoms with Crippen LogP contribution in [0.2, 0.25) is 0 Å². The predicted molar refractivity (Wildman–Crippen MR) is 130 cm³/mol. The van der Waals surface area contributed by atoms with Gasteiger partial charge in [0.2, 0.25) is 5.91 Å². The van der Waals surface area contributed by atoms with Crippen molar-refractivity contribution in [3.8, 4) is 17.2 Å². The van der Waals surface area contributed by atoms with Gasteiger partial charge in [-0.2, -0.15) is 0 Å². The second-order valence-corrected chi connectivity index (χ2v) is 9.22. The van der Waals surface area contributed by atoms with Crippen LogP contribution in [0.5, 0.6) is 17.2 Å². The Bertz CT molecular complexity index is 1250. The van der Waals surface area contributed by atoms with Gasteiger partial charge in [-0.05, 0) is 73.2 Å². The average Bonchev–Trinajstić information content (AvgIpc) is 2.87. The Kier molecular flexibility index (Phi) is 8.53. The van der Waals surface area contributed by atoms with Crippen molar-refractivity contribution < 1.29 is 31.8 Å². The number of carbonyl (C=O) groups is 1. The molecule has 0 saturated heterocycles. The molecule has 0 unspecified atom stereocenters. The van der Waals surface area contributed by atoms with E-state index in [4.69, 9.17) is 14.2 Å². The molecule has 0 atom stereocenters. The third-order valence-corrected chi connectivity index (χ3v) is 6.85. The average molecular weight is 503 g/mol. The van der Waals surface area contributed by atoms with Crippen molar-refractivity contribution in [2.45, 2.75) is 18.4 Å². The number of nitrogens with one attached hydrogen (secondary N) is 1. The predicted octanol–water partition coefficient (Wildman–Crippen LogP) is 3.75. The Labute approximate surface area is 204 Å². The Morgan fingerprint density at radius 2 is 1.60 bits per heavy atom. The first kappa shape index (κ1) is 25.8. The lowest BCUT2D eigenvalue weighted by atomic mass is 10.2. The van der Waals surface area contributed by atoms with Gasteiger partial charge in [-0.15, -0.1) is 0 Å². The van der Waals surface area contributed by atoms with Crippen molar-refractivity contribution in [1.82, 2.24) is 5.32 Å². The molecule has 1 amide bonds. The number of amides is 1. The monoisotopic (exact) mass is 502 g/mol. The number of benzene rings is 3. The molecule has 0 heterocycles. The van der Waals surface area contributed by atoms with Crippen LogP contribution in [0.15, 0.2) is 71.6 Å². The molecule has 0 aliphatic rings. The van der Waals surface area contributed by atoms with Gasteiger partial charge >= 0.3 is 0 Å². The summed E-state index contributed by atoms with van der Waals surface area (Å²) in [6.07, 6.45) is 0. The summed E-state index contributed by atoms with van der Waals surface area (Å²) in [7, 11) is -1.11. The van der Waals surface area contributed by atoms with Crippen molar-refractivity contribution >= 4 is 21.6 Å². The third-order valence-electron chi connectivity index (χ3n) is 5.06. The van der Waals surface area contributed by atoms with Crippen molar-refractivity contribution in [3.05, 3.63) is 78.1 Å². The van der Waals surface area contributed by atoms with Crippen molar-refractivity contribution in [2.75, 3.05) is 31.7 Å². The van der Waals surface area contributed by atoms with E-state index in [1.165, 1.54) is 50.6 Å². The number of ether oxygens (including phenoxy) is 3. The lowest BCUT2D eigenvalue weighted by molar-refractivity contribution is -0.119. The lowest BCUT2D eigenvalue weighted by Gasteiger charge is -2.24. The van der Waals surface area contributed by atoms with Crippen molar-refractivity contribution in [2.24, 2.45) is 0 Å². The lowest BCUT2D eigenvalue weighted by Crippen LogP contribution is -2.40. The number of halogens is 1. The molecule has 8 nitrogen and oxygen atoms in total. The third kappa shape index (κ3) is 6.42. The summed E-state index contributed by atoms with van der Waals surface area (Å²) in [6, 6.07) is 16.0. The number of rotatable bonds is 11. The molecule has 0 aromatic heterocycles. The molecule has 3 rings (SSSR count). The zero-order valence-corrected chi connectivity index (χ0v) is 20.5. The summed E-state index contributed by atoms with van der Waals surface area (Å²) in [4.78, 5) is 12.8. The smallest absolute Gasteiger partial charge is 0.264 e. The summed E-state index contributed by atoms with van der Waals surface area (Å²) >= 11 is 0. The van der Waals surface area contributed by atoms with Crippen LogP contribution >= 0.6 is 0 Å². The number of hydrogen-bond acceptors (Lipinski definition) is 6. The highest BCUT2D eigenvalue weighted by Gasteiger charge is 2.27. The normalized spacial score (nSPS) is 11.0. The Morgan fingerprint density at radius 3 is 2.20 bits per heavy atom. The maximum atomic E-state index is 13.5. The van der Waals surface area contributed by atoms with Crippen LogP contribution in [-0.2, 0) is 21.4 Å². The van der Waals surface area contributed by atoms with Gasteiger partial charge in [0.15, 0.2) is 11.5 Å². The maximum Gasteiger partial charge on any atom is 0.264 e. The molecule has 0 radical (unpaired) electrons. The van der Waals surface area contributed by atoms with E-state index in [-0.39, 0.29) is 17.1 Å². The van der Waals surface area contributed by atoms with E-state index in [2.05, 4.69) is 5.32 Å². The van der Waals surface area contributed by atoms with Gasteiger partial charge in [0.05, 0.1) is 31.4 Å². The standard InChI is InChI=1S/C25H27FN2O6S/c1-4-34-21-10-12-22(13-11-21)35(30,31)28(20-8-6-19(26)7-9-20)17-25(29)27-16-18-5-14-23(32-2)24(15-18)33-3/h5-15H,4,16-17H2,1-3H3,(H,27,29). The highest BCUT2D eigenvalue weighted by molar-refractivity contribution is 7.92. The second-order valence-electron chi connectivity index (χ2n) is 7.36. The number of anilines is 1. The van der Waals surface area contributed by atoms with E-state index in [1.807, 2.05) is 6.92 Å². The Balaban J connectivity index is 1.82. The molecular formula is C25H27FN2O6S. The van der Waals surface area contributed by atoms with Gasteiger partial charge in [0.25, 0.3) is 10.0 Å². The molecule has 3 aromatic rings. The number of sulfonamides is 1. The number of nitrogens with zero attached hydrogens (tertiary/aromatic N) is 1. The van der Waals surface area contributed by atoms with Crippen LogP contribution in [0.1, 0.15) is 12.5 Å². The van der Waals surface area contributed by atoms with Crippen LogP contribution in [0.4, 0.5) is 10.1 Å². The highest BCUT2D eigenvalue weighted by Crippen LogP contribution is 2.28. The minimum absolute atomic E-state index is 0.0297. The van der Waals surface area contributed by atoms with Crippen LogP contribution < -0.4 is 23.8 Å². The molecule has 35 heavy (non-hydrogen) atoms. The van der Waals surface area contributed by atoms with Gasteiger partial charge in [0.1, 0.15) is 18.1 Å². The Morgan fingerprint density at radius 1 is 0.943 bits per heavy atom. The summed E-state index contributed by atoms with van der Waals surface area (Å²) < 4.78 is 57.1. The molecule has 3 aromatic carbocycles. The second kappa shape index (κ2) is 11.6. The SMILES string of the molecule is CCOc1ccc(S(=O)(=O)N(CC(=O)NCc2ccc(OC)c(OC)c2)c2ccc(F)cc2)cc1. The fourth-order valence-corrected chi connectivity index (χ4v) is 4.72. The van der Waals surface area contributed by atoms with Gasteiger partial charge in [0, 0.05) is 6.54 Å². The largest absolute Gasteiger partial charge is 0.494 e. The molecule has 0 saturated carbocycles. The summed E-state index contributed by atoms with van der Waals surface area (Å²) in [6.45, 7) is 1.89. The van der Waals surface area contributed by atoms with E-state index in [0.29, 0.717) is 23.9 Å². The minimum atomic E-state index is -4.14. The molecule has 10 heteroatoms. The molecule has 0 fully saturated rings. The maximum absolute atomic E-state index is 13.5. The number of methoxy groups -OCH3 is 2. The van der Waals surface area contributed by atoms with Crippen LogP contribution in [-0.4, -0.2) is 41.7 Å². The van der Waals surface area contributed by atoms with Crippen molar-refractivity contribution in [3.63, 3.8) is 0 Å². The van der Waals surface area contributed by atoms with Crippen molar-refractivity contribution in [1.29, 1.82) is 0 Å². The molecule has 0 spiro atoms. The van der Waals surface area contributed by atoms with E-state index in [0.717, 1.165) is 22.0 Å². The zero-order valence-electron chi connectivity index (χ0n) is 19.7. The molecule has 0 aliphatic carbocycles. The number of carbonyl (C=O) groups excluding carboxylic acids is 1. The van der Waals surface area contributed by atoms with Crippen LogP contribution in [0.25, 0.3) is 0 Å². The molecule has 0 bridgehead atoms. The van der Waals surface area contributed by atoms with E-state index >= 15 is 0 Å². The minimum Gasteiger partial charge on any atom is -0.494 e. The van der Waals surface area contributed by atoms with Crippen LogP contribution in [0, 0.1) is 5.82 Å². The van der Waals surface area contributed by atoms with Gasteiger partial charge in [-0.3, -0.25) is 9.10 Å².